The molecule has 0 aromatic carbocycles. The summed E-state index contributed by atoms with van der Waals surface area (Å²) in [5.41, 5.74) is 1.03. The van der Waals surface area contributed by atoms with E-state index in [1.807, 2.05) is 26.2 Å². The molecule has 0 saturated carbocycles. The van der Waals surface area contributed by atoms with E-state index in [9.17, 15) is 0 Å². The standard InChI is InChI=1S/C10H17N3S/c1-8(11-3)5-7-14-10-12-6-4-9(2)13-10/h4,6,8,11H,5,7H2,1-3H3. The normalized spacial score (nSPS) is 12.8. The van der Waals surface area contributed by atoms with Gasteiger partial charge in [0.2, 0.25) is 0 Å². The Balaban J connectivity index is 2.31. The largest absolute Gasteiger partial charge is 0.317 e. The molecule has 4 heteroatoms. The SMILES string of the molecule is CNC(C)CCSc1nccc(C)n1. The average Bonchev–Trinajstić information content (AvgIpc) is 2.17. The molecule has 1 atom stereocenters. The Morgan fingerprint density at radius 1 is 1.57 bits per heavy atom. The number of hydrogen-bond acceptors (Lipinski definition) is 4. The smallest absolute Gasteiger partial charge is 0.187 e. The molecule has 0 radical (unpaired) electrons. The molecule has 0 fully saturated rings. The molecule has 1 aromatic heterocycles. The number of hydrogen-bond donors (Lipinski definition) is 1. The minimum Gasteiger partial charge on any atom is -0.317 e. The second kappa shape index (κ2) is 5.98. The van der Waals surface area contributed by atoms with Gasteiger partial charge in [0.05, 0.1) is 0 Å². The number of rotatable bonds is 5. The molecule has 0 saturated heterocycles. The fourth-order valence-electron chi connectivity index (χ4n) is 0.967. The van der Waals surface area contributed by atoms with Gasteiger partial charge in [-0.2, -0.15) is 0 Å². The number of nitrogens with zero attached hydrogens (tertiary/aromatic N) is 2. The quantitative estimate of drug-likeness (QED) is 0.596. The molecular weight excluding hydrogens is 194 g/mol. The second-order valence-electron chi connectivity index (χ2n) is 3.31. The number of aryl methyl sites for hydroxylation is 1. The first-order valence-corrected chi connectivity index (χ1v) is 5.80. The molecule has 0 aliphatic heterocycles. The van der Waals surface area contributed by atoms with E-state index in [0.29, 0.717) is 6.04 Å². The maximum absolute atomic E-state index is 4.33. The van der Waals surface area contributed by atoms with Gasteiger partial charge in [-0.05, 0) is 33.4 Å². The topological polar surface area (TPSA) is 37.8 Å². The van der Waals surface area contributed by atoms with E-state index in [4.69, 9.17) is 0 Å². The van der Waals surface area contributed by atoms with Crippen LogP contribution in [0.5, 0.6) is 0 Å². The Bertz CT molecular complexity index is 278. The predicted octanol–water partition coefficient (Wildman–Crippen LogP) is 1.88. The van der Waals surface area contributed by atoms with Gasteiger partial charge in [0.25, 0.3) is 0 Å². The summed E-state index contributed by atoms with van der Waals surface area (Å²) in [4.78, 5) is 8.52. The van der Waals surface area contributed by atoms with Crippen LogP contribution in [0.3, 0.4) is 0 Å². The van der Waals surface area contributed by atoms with Crippen LogP contribution in [0.4, 0.5) is 0 Å². The highest BCUT2D eigenvalue weighted by Gasteiger charge is 2.00. The molecule has 0 amide bonds. The van der Waals surface area contributed by atoms with E-state index < -0.39 is 0 Å². The summed E-state index contributed by atoms with van der Waals surface area (Å²) in [5, 5.41) is 4.09. The molecule has 1 rings (SSSR count). The molecule has 14 heavy (non-hydrogen) atoms. The van der Waals surface area contributed by atoms with Crippen LogP contribution < -0.4 is 5.32 Å². The van der Waals surface area contributed by atoms with Crippen molar-refractivity contribution in [3.8, 4) is 0 Å². The molecule has 1 N–H and O–H groups in total. The van der Waals surface area contributed by atoms with Crippen molar-refractivity contribution >= 4 is 11.8 Å². The number of aromatic nitrogens is 2. The zero-order valence-electron chi connectivity index (χ0n) is 8.95. The van der Waals surface area contributed by atoms with E-state index in [0.717, 1.165) is 23.0 Å². The van der Waals surface area contributed by atoms with Crippen LogP contribution in [0.1, 0.15) is 19.0 Å². The van der Waals surface area contributed by atoms with Crippen molar-refractivity contribution in [3.63, 3.8) is 0 Å². The molecule has 3 nitrogen and oxygen atoms in total. The van der Waals surface area contributed by atoms with Crippen LogP contribution in [-0.2, 0) is 0 Å². The van der Waals surface area contributed by atoms with Crippen molar-refractivity contribution in [1.29, 1.82) is 0 Å². The second-order valence-corrected chi connectivity index (χ2v) is 4.37. The summed E-state index contributed by atoms with van der Waals surface area (Å²) in [6.07, 6.45) is 2.95. The fourth-order valence-corrected chi connectivity index (χ4v) is 1.96. The van der Waals surface area contributed by atoms with Gasteiger partial charge >= 0.3 is 0 Å². The number of nitrogens with one attached hydrogen (secondary N) is 1. The molecule has 0 spiro atoms. The van der Waals surface area contributed by atoms with E-state index in [-0.39, 0.29) is 0 Å². The molecule has 1 unspecified atom stereocenters. The van der Waals surface area contributed by atoms with Crippen LogP contribution in [0.15, 0.2) is 17.4 Å². The molecular formula is C10H17N3S. The van der Waals surface area contributed by atoms with Gasteiger partial charge in [-0.3, -0.25) is 0 Å². The van der Waals surface area contributed by atoms with Crippen LogP contribution in [-0.4, -0.2) is 28.8 Å². The Hall–Kier alpha value is -0.610. The molecule has 1 aromatic rings. The zero-order chi connectivity index (χ0) is 10.4. The maximum Gasteiger partial charge on any atom is 0.187 e. The van der Waals surface area contributed by atoms with Crippen LogP contribution in [0.25, 0.3) is 0 Å². The highest BCUT2D eigenvalue weighted by Crippen LogP contribution is 2.14. The Morgan fingerprint density at radius 2 is 2.36 bits per heavy atom. The molecule has 1 heterocycles. The third-order valence-electron chi connectivity index (χ3n) is 2.05. The zero-order valence-corrected chi connectivity index (χ0v) is 9.77. The van der Waals surface area contributed by atoms with Crippen LogP contribution >= 0.6 is 11.8 Å². The lowest BCUT2D eigenvalue weighted by atomic mass is 10.3. The van der Waals surface area contributed by atoms with Crippen LogP contribution in [0, 0.1) is 6.92 Å². The highest BCUT2D eigenvalue weighted by atomic mass is 32.2. The van der Waals surface area contributed by atoms with Gasteiger partial charge < -0.3 is 5.32 Å². The van der Waals surface area contributed by atoms with Crippen molar-refractivity contribution in [2.75, 3.05) is 12.8 Å². The predicted molar refractivity (Wildman–Crippen MR) is 60.6 cm³/mol. The minimum absolute atomic E-state index is 0.562. The lowest BCUT2D eigenvalue weighted by Crippen LogP contribution is -2.21. The first kappa shape index (κ1) is 11.5. The van der Waals surface area contributed by atoms with E-state index >= 15 is 0 Å². The summed E-state index contributed by atoms with van der Waals surface area (Å²) in [7, 11) is 1.98. The van der Waals surface area contributed by atoms with Gasteiger partial charge in [0.15, 0.2) is 5.16 Å². The average molecular weight is 211 g/mol. The van der Waals surface area contributed by atoms with Crippen molar-refractivity contribution in [2.24, 2.45) is 0 Å². The van der Waals surface area contributed by atoms with Gasteiger partial charge in [-0.25, -0.2) is 9.97 Å². The Morgan fingerprint density at radius 3 is 3.00 bits per heavy atom. The summed E-state index contributed by atoms with van der Waals surface area (Å²) in [6, 6.07) is 2.48. The van der Waals surface area contributed by atoms with Crippen molar-refractivity contribution in [1.82, 2.24) is 15.3 Å². The summed E-state index contributed by atoms with van der Waals surface area (Å²) >= 11 is 1.72. The van der Waals surface area contributed by atoms with E-state index in [1.54, 1.807) is 11.8 Å². The lowest BCUT2D eigenvalue weighted by Gasteiger charge is -2.08. The van der Waals surface area contributed by atoms with Crippen molar-refractivity contribution < 1.29 is 0 Å². The maximum atomic E-state index is 4.33. The third kappa shape index (κ3) is 4.07. The van der Waals surface area contributed by atoms with Gasteiger partial charge in [-0.15, -0.1) is 0 Å². The first-order chi connectivity index (χ1) is 6.72. The fraction of sp³-hybridized carbons (Fsp3) is 0.600. The highest BCUT2D eigenvalue weighted by molar-refractivity contribution is 7.99. The molecule has 0 bridgehead atoms. The molecule has 0 aliphatic carbocycles. The number of thioether (sulfide) groups is 1. The van der Waals surface area contributed by atoms with Gasteiger partial charge in [0, 0.05) is 23.7 Å². The molecule has 0 aliphatic rings. The monoisotopic (exact) mass is 211 g/mol. The van der Waals surface area contributed by atoms with Crippen LogP contribution in [0.2, 0.25) is 0 Å². The van der Waals surface area contributed by atoms with Gasteiger partial charge in [-0.1, -0.05) is 11.8 Å². The Labute approximate surface area is 89.7 Å². The van der Waals surface area contributed by atoms with Crippen molar-refractivity contribution in [3.05, 3.63) is 18.0 Å². The van der Waals surface area contributed by atoms with E-state index in [2.05, 4.69) is 22.2 Å². The summed E-state index contributed by atoms with van der Waals surface area (Å²) < 4.78 is 0. The van der Waals surface area contributed by atoms with Gasteiger partial charge in [0.1, 0.15) is 0 Å². The minimum atomic E-state index is 0.562. The molecule has 78 valence electrons. The Kier molecular flexibility index (Phi) is 4.90. The summed E-state index contributed by atoms with van der Waals surface area (Å²) in [5.74, 6) is 1.06. The van der Waals surface area contributed by atoms with E-state index in [1.165, 1.54) is 0 Å². The third-order valence-corrected chi connectivity index (χ3v) is 2.94. The van der Waals surface area contributed by atoms with Crippen molar-refractivity contribution in [2.45, 2.75) is 31.5 Å². The summed E-state index contributed by atoms with van der Waals surface area (Å²) in [6.45, 7) is 4.17. The first-order valence-electron chi connectivity index (χ1n) is 4.82. The lowest BCUT2D eigenvalue weighted by molar-refractivity contribution is 0.597.